The summed E-state index contributed by atoms with van der Waals surface area (Å²) in [6.45, 7) is 7.84. The third-order valence-corrected chi connectivity index (χ3v) is 5.34. The SMILES string of the molecule is CCNC(=NCCN1CCc2sccc2C1)NCCc1ccccn1.I. The second-order valence-electron chi connectivity index (χ2n) is 6.15. The molecule has 26 heavy (non-hydrogen) atoms. The van der Waals surface area contributed by atoms with Crippen LogP contribution in [0.2, 0.25) is 0 Å². The van der Waals surface area contributed by atoms with Crippen LogP contribution in [0.4, 0.5) is 0 Å². The summed E-state index contributed by atoms with van der Waals surface area (Å²) in [6, 6.07) is 8.29. The summed E-state index contributed by atoms with van der Waals surface area (Å²) in [5.41, 5.74) is 2.60. The minimum absolute atomic E-state index is 0. The lowest BCUT2D eigenvalue weighted by molar-refractivity contribution is 0.263. The van der Waals surface area contributed by atoms with Crippen molar-refractivity contribution < 1.29 is 0 Å². The number of fused-ring (bicyclic) bond motifs is 1. The van der Waals surface area contributed by atoms with E-state index in [2.05, 4.69) is 45.0 Å². The Hall–Kier alpha value is -1.19. The average molecular weight is 485 g/mol. The summed E-state index contributed by atoms with van der Waals surface area (Å²) in [6.07, 6.45) is 3.92. The third-order valence-electron chi connectivity index (χ3n) is 4.32. The third kappa shape index (κ3) is 6.51. The van der Waals surface area contributed by atoms with Crippen LogP contribution >= 0.6 is 35.3 Å². The molecule has 3 heterocycles. The summed E-state index contributed by atoms with van der Waals surface area (Å²) in [4.78, 5) is 13.1. The van der Waals surface area contributed by atoms with Crippen molar-refractivity contribution in [2.75, 3.05) is 32.7 Å². The van der Waals surface area contributed by atoms with Crippen molar-refractivity contribution in [2.45, 2.75) is 26.3 Å². The standard InChI is InChI=1S/C19H27N5S.HI/c1-2-20-19(22-10-6-17-5-3-4-9-21-17)23-11-13-24-12-7-18-16(15-24)8-14-25-18;/h3-5,8-9,14H,2,6-7,10-13,15H2,1H3,(H2,20,22,23);1H. The number of hydrogen-bond donors (Lipinski definition) is 2. The molecule has 2 aromatic heterocycles. The van der Waals surface area contributed by atoms with Crippen LogP contribution in [0, 0.1) is 0 Å². The van der Waals surface area contributed by atoms with E-state index in [9.17, 15) is 0 Å². The molecule has 142 valence electrons. The number of halogens is 1. The van der Waals surface area contributed by atoms with Crippen molar-refractivity contribution in [3.63, 3.8) is 0 Å². The summed E-state index contributed by atoms with van der Waals surface area (Å²) in [5, 5.41) is 8.93. The van der Waals surface area contributed by atoms with Crippen LogP contribution in [-0.2, 0) is 19.4 Å². The van der Waals surface area contributed by atoms with Gasteiger partial charge in [-0.25, -0.2) is 0 Å². The minimum Gasteiger partial charge on any atom is -0.357 e. The first-order valence-corrected chi connectivity index (χ1v) is 9.93. The van der Waals surface area contributed by atoms with Gasteiger partial charge in [-0.1, -0.05) is 6.07 Å². The highest BCUT2D eigenvalue weighted by atomic mass is 127. The van der Waals surface area contributed by atoms with Crippen molar-refractivity contribution in [1.29, 1.82) is 0 Å². The maximum absolute atomic E-state index is 4.72. The first-order chi connectivity index (χ1) is 12.3. The normalized spacial score (nSPS) is 14.4. The van der Waals surface area contributed by atoms with Crippen LogP contribution < -0.4 is 10.6 Å². The van der Waals surface area contributed by atoms with E-state index in [1.54, 1.807) is 4.88 Å². The fourth-order valence-electron chi connectivity index (χ4n) is 3.00. The van der Waals surface area contributed by atoms with Gasteiger partial charge in [0.05, 0.1) is 6.54 Å². The molecule has 2 N–H and O–H groups in total. The van der Waals surface area contributed by atoms with Crippen molar-refractivity contribution in [2.24, 2.45) is 4.99 Å². The number of aliphatic imine (C=N–C) groups is 1. The molecular weight excluding hydrogens is 457 g/mol. The highest BCUT2D eigenvalue weighted by molar-refractivity contribution is 14.0. The number of aromatic nitrogens is 1. The quantitative estimate of drug-likeness (QED) is 0.360. The second-order valence-corrected chi connectivity index (χ2v) is 7.15. The van der Waals surface area contributed by atoms with Crippen LogP contribution in [0.15, 0.2) is 40.8 Å². The number of guanidine groups is 1. The molecule has 0 atom stereocenters. The molecule has 3 rings (SSSR count). The maximum Gasteiger partial charge on any atom is 0.191 e. The van der Waals surface area contributed by atoms with Gasteiger partial charge in [-0.15, -0.1) is 35.3 Å². The van der Waals surface area contributed by atoms with Crippen LogP contribution in [0.5, 0.6) is 0 Å². The maximum atomic E-state index is 4.72. The smallest absolute Gasteiger partial charge is 0.191 e. The zero-order valence-electron chi connectivity index (χ0n) is 15.3. The first kappa shape index (κ1) is 21.1. The first-order valence-electron chi connectivity index (χ1n) is 9.05. The average Bonchev–Trinajstić information content (AvgIpc) is 3.10. The molecule has 0 fully saturated rings. The van der Waals surface area contributed by atoms with E-state index >= 15 is 0 Å². The Bertz CT molecular complexity index is 674. The van der Waals surface area contributed by atoms with E-state index in [1.165, 1.54) is 12.0 Å². The molecule has 0 bridgehead atoms. The molecular formula is C19H28IN5S. The molecule has 0 aromatic carbocycles. The van der Waals surface area contributed by atoms with Crippen LogP contribution in [0.25, 0.3) is 0 Å². The van der Waals surface area contributed by atoms with Crippen molar-refractivity contribution in [3.8, 4) is 0 Å². The number of rotatable bonds is 7. The monoisotopic (exact) mass is 485 g/mol. The van der Waals surface area contributed by atoms with E-state index in [0.717, 1.165) is 57.3 Å². The van der Waals surface area contributed by atoms with Gasteiger partial charge in [0.1, 0.15) is 0 Å². The Morgan fingerprint density at radius 1 is 1.31 bits per heavy atom. The van der Waals surface area contributed by atoms with E-state index in [4.69, 9.17) is 4.99 Å². The van der Waals surface area contributed by atoms with E-state index in [0.29, 0.717) is 0 Å². The molecule has 0 aliphatic carbocycles. The van der Waals surface area contributed by atoms with Crippen LogP contribution in [-0.4, -0.2) is 48.6 Å². The molecule has 7 heteroatoms. The number of nitrogens with one attached hydrogen (secondary N) is 2. The van der Waals surface area contributed by atoms with Gasteiger partial charge in [-0.2, -0.15) is 0 Å². The fourth-order valence-corrected chi connectivity index (χ4v) is 3.89. The Morgan fingerprint density at radius 3 is 3.04 bits per heavy atom. The van der Waals surface area contributed by atoms with Gasteiger partial charge < -0.3 is 10.6 Å². The topological polar surface area (TPSA) is 52.6 Å². The Morgan fingerprint density at radius 2 is 2.23 bits per heavy atom. The Labute approximate surface area is 177 Å². The van der Waals surface area contributed by atoms with Crippen molar-refractivity contribution in [1.82, 2.24) is 20.5 Å². The molecule has 0 saturated heterocycles. The zero-order valence-corrected chi connectivity index (χ0v) is 18.4. The van der Waals surface area contributed by atoms with Gasteiger partial charge >= 0.3 is 0 Å². The number of thiophene rings is 1. The number of hydrogen-bond acceptors (Lipinski definition) is 4. The number of nitrogens with zero attached hydrogens (tertiary/aromatic N) is 3. The minimum atomic E-state index is 0. The van der Waals surface area contributed by atoms with Gasteiger partial charge in [0.15, 0.2) is 5.96 Å². The molecule has 1 aliphatic heterocycles. The molecule has 5 nitrogen and oxygen atoms in total. The molecule has 0 unspecified atom stereocenters. The predicted octanol–water partition coefficient (Wildman–Crippen LogP) is 2.92. The molecule has 0 spiro atoms. The predicted molar refractivity (Wildman–Crippen MR) is 121 cm³/mol. The number of pyridine rings is 1. The summed E-state index contributed by atoms with van der Waals surface area (Å²) >= 11 is 1.89. The molecule has 0 saturated carbocycles. The van der Waals surface area contributed by atoms with E-state index in [-0.39, 0.29) is 24.0 Å². The molecule has 2 aromatic rings. The lowest BCUT2D eigenvalue weighted by Crippen LogP contribution is -2.39. The second kappa shape index (κ2) is 11.5. The molecule has 1 aliphatic rings. The Kier molecular flexibility index (Phi) is 9.35. The van der Waals surface area contributed by atoms with Gasteiger partial charge in [0.2, 0.25) is 0 Å². The van der Waals surface area contributed by atoms with Crippen LogP contribution in [0.1, 0.15) is 23.1 Å². The lowest BCUT2D eigenvalue weighted by atomic mass is 10.1. The highest BCUT2D eigenvalue weighted by Crippen LogP contribution is 2.23. The summed E-state index contributed by atoms with van der Waals surface area (Å²) in [5.74, 6) is 0.895. The molecule has 0 amide bonds. The van der Waals surface area contributed by atoms with Crippen LogP contribution in [0.3, 0.4) is 0 Å². The van der Waals surface area contributed by atoms with Gasteiger partial charge in [0.25, 0.3) is 0 Å². The summed E-state index contributed by atoms with van der Waals surface area (Å²) in [7, 11) is 0. The van der Waals surface area contributed by atoms with Gasteiger partial charge in [0, 0.05) is 55.9 Å². The van der Waals surface area contributed by atoms with Crippen molar-refractivity contribution >= 4 is 41.3 Å². The van der Waals surface area contributed by atoms with Gasteiger partial charge in [-0.3, -0.25) is 14.9 Å². The zero-order chi connectivity index (χ0) is 17.3. The largest absolute Gasteiger partial charge is 0.357 e. The van der Waals surface area contributed by atoms with Crippen molar-refractivity contribution in [3.05, 3.63) is 52.0 Å². The lowest BCUT2D eigenvalue weighted by Gasteiger charge is -2.26. The fraction of sp³-hybridized carbons (Fsp3) is 0.474. The van der Waals surface area contributed by atoms with E-state index in [1.807, 2.05) is 29.7 Å². The van der Waals surface area contributed by atoms with E-state index < -0.39 is 0 Å². The Balaban J connectivity index is 0.00000243. The highest BCUT2D eigenvalue weighted by Gasteiger charge is 2.16. The van der Waals surface area contributed by atoms with Gasteiger partial charge in [-0.05, 0) is 42.5 Å². The summed E-state index contributed by atoms with van der Waals surface area (Å²) < 4.78 is 0. The molecule has 0 radical (unpaired) electrons.